The summed E-state index contributed by atoms with van der Waals surface area (Å²) in [5.41, 5.74) is 4.41. The minimum Gasteiger partial charge on any atom is -0.481 e. The molecule has 0 saturated carbocycles. The predicted molar refractivity (Wildman–Crippen MR) is 86.0 cm³/mol. The SMILES string of the molecule is CCc1cnn2c(N3CC(C(=O)O)C3)c3c(nc12)CCNCC3. The minimum atomic E-state index is -0.714. The van der Waals surface area contributed by atoms with Crippen LogP contribution in [0, 0.1) is 5.92 Å². The van der Waals surface area contributed by atoms with Crippen molar-refractivity contribution in [3.8, 4) is 0 Å². The lowest BCUT2D eigenvalue weighted by Gasteiger charge is -2.39. The van der Waals surface area contributed by atoms with E-state index in [1.165, 1.54) is 5.56 Å². The number of fused-ring (bicyclic) bond motifs is 2. The fourth-order valence-electron chi connectivity index (χ4n) is 3.49. The second kappa shape index (κ2) is 5.49. The molecule has 2 aliphatic heterocycles. The summed E-state index contributed by atoms with van der Waals surface area (Å²) < 4.78 is 1.92. The highest BCUT2D eigenvalue weighted by molar-refractivity contribution is 5.75. The van der Waals surface area contributed by atoms with E-state index in [1.54, 1.807) is 0 Å². The summed E-state index contributed by atoms with van der Waals surface area (Å²) in [4.78, 5) is 18.2. The molecule has 0 radical (unpaired) electrons. The number of anilines is 1. The highest BCUT2D eigenvalue weighted by atomic mass is 16.4. The van der Waals surface area contributed by atoms with Crippen molar-refractivity contribution in [3.63, 3.8) is 0 Å². The van der Waals surface area contributed by atoms with E-state index in [1.807, 2.05) is 10.7 Å². The average Bonchev–Trinajstić information content (AvgIpc) is 2.73. The molecule has 1 saturated heterocycles. The van der Waals surface area contributed by atoms with Crippen LogP contribution in [0.2, 0.25) is 0 Å². The van der Waals surface area contributed by atoms with Crippen molar-refractivity contribution < 1.29 is 9.90 Å². The number of aromatic nitrogens is 3. The molecule has 0 aromatic carbocycles. The molecule has 7 heteroatoms. The maximum Gasteiger partial charge on any atom is 0.310 e. The van der Waals surface area contributed by atoms with Crippen molar-refractivity contribution in [2.45, 2.75) is 26.2 Å². The van der Waals surface area contributed by atoms with Gasteiger partial charge in [0, 0.05) is 37.2 Å². The maximum atomic E-state index is 11.1. The number of hydrogen-bond donors (Lipinski definition) is 2. The zero-order valence-corrected chi connectivity index (χ0v) is 13.2. The first-order valence-corrected chi connectivity index (χ1v) is 8.26. The van der Waals surface area contributed by atoms with Crippen molar-refractivity contribution in [1.29, 1.82) is 0 Å². The Balaban J connectivity index is 1.84. The predicted octanol–water partition coefficient (Wildman–Crippen LogP) is 0.501. The van der Waals surface area contributed by atoms with Gasteiger partial charge in [-0.3, -0.25) is 4.79 Å². The van der Waals surface area contributed by atoms with Crippen LogP contribution in [0.3, 0.4) is 0 Å². The third-order valence-electron chi connectivity index (χ3n) is 4.88. The molecule has 0 unspecified atom stereocenters. The molecule has 0 amide bonds. The monoisotopic (exact) mass is 315 g/mol. The molecule has 23 heavy (non-hydrogen) atoms. The standard InChI is InChI=1S/C16H21N5O2/c1-2-10-7-18-21-14(10)19-13-4-6-17-5-3-12(13)15(21)20-8-11(9-20)16(22)23/h7,11,17H,2-6,8-9H2,1H3,(H,22,23). The molecular weight excluding hydrogens is 294 g/mol. The van der Waals surface area contributed by atoms with Crippen LogP contribution in [-0.2, 0) is 24.1 Å². The lowest BCUT2D eigenvalue weighted by atomic mass is 9.98. The summed E-state index contributed by atoms with van der Waals surface area (Å²) in [5.74, 6) is 0.0545. The second-order valence-electron chi connectivity index (χ2n) is 6.31. The van der Waals surface area contributed by atoms with Crippen molar-refractivity contribution in [3.05, 3.63) is 23.0 Å². The molecular formula is C16H21N5O2. The average molecular weight is 315 g/mol. The molecule has 0 atom stereocenters. The van der Waals surface area contributed by atoms with Crippen LogP contribution in [-0.4, -0.2) is 51.9 Å². The van der Waals surface area contributed by atoms with Crippen molar-refractivity contribution >= 4 is 17.4 Å². The summed E-state index contributed by atoms with van der Waals surface area (Å²) in [6, 6.07) is 0. The van der Waals surface area contributed by atoms with Crippen molar-refractivity contribution in [2.24, 2.45) is 5.92 Å². The number of nitrogens with zero attached hydrogens (tertiary/aromatic N) is 4. The van der Waals surface area contributed by atoms with Gasteiger partial charge in [0.1, 0.15) is 5.82 Å². The Morgan fingerprint density at radius 3 is 2.91 bits per heavy atom. The van der Waals surface area contributed by atoms with Crippen LogP contribution in [0.4, 0.5) is 5.82 Å². The smallest absolute Gasteiger partial charge is 0.310 e. The zero-order chi connectivity index (χ0) is 16.0. The molecule has 0 aliphatic carbocycles. The summed E-state index contributed by atoms with van der Waals surface area (Å²) in [7, 11) is 0. The van der Waals surface area contributed by atoms with Crippen LogP contribution < -0.4 is 10.2 Å². The van der Waals surface area contributed by atoms with Crippen molar-refractivity contribution in [2.75, 3.05) is 31.1 Å². The summed E-state index contributed by atoms with van der Waals surface area (Å²) >= 11 is 0. The Kier molecular flexibility index (Phi) is 3.45. The molecule has 2 aromatic heterocycles. The molecule has 2 aliphatic rings. The van der Waals surface area contributed by atoms with Gasteiger partial charge >= 0.3 is 5.97 Å². The lowest BCUT2D eigenvalue weighted by Crippen LogP contribution is -2.51. The van der Waals surface area contributed by atoms with Crippen LogP contribution >= 0.6 is 0 Å². The number of hydrogen-bond acceptors (Lipinski definition) is 5. The van der Waals surface area contributed by atoms with Gasteiger partial charge in [-0.05, 0) is 19.4 Å². The van der Waals surface area contributed by atoms with E-state index in [0.717, 1.165) is 55.1 Å². The van der Waals surface area contributed by atoms with Gasteiger partial charge in [0.2, 0.25) is 0 Å². The fraction of sp³-hybridized carbons (Fsp3) is 0.562. The largest absolute Gasteiger partial charge is 0.481 e. The van der Waals surface area contributed by atoms with E-state index < -0.39 is 5.97 Å². The van der Waals surface area contributed by atoms with Gasteiger partial charge in [-0.15, -0.1) is 0 Å². The molecule has 2 N–H and O–H groups in total. The van der Waals surface area contributed by atoms with E-state index >= 15 is 0 Å². The van der Waals surface area contributed by atoms with E-state index in [2.05, 4.69) is 22.2 Å². The third kappa shape index (κ3) is 2.26. The summed E-state index contributed by atoms with van der Waals surface area (Å²) in [6.07, 6.45) is 4.59. The number of nitrogens with one attached hydrogen (secondary N) is 1. The maximum absolute atomic E-state index is 11.1. The first kappa shape index (κ1) is 14.4. The second-order valence-corrected chi connectivity index (χ2v) is 6.31. The highest BCUT2D eigenvalue weighted by Gasteiger charge is 2.36. The fourth-order valence-corrected chi connectivity index (χ4v) is 3.49. The quantitative estimate of drug-likeness (QED) is 0.858. The Bertz CT molecular complexity index is 763. The first-order valence-electron chi connectivity index (χ1n) is 8.26. The minimum absolute atomic E-state index is 0.279. The van der Waals surface area contributed by atoms with E-state index in [0.29, 0.717) is 13.1 Å². The molecule has 7 nitrogen and oxygen atoms in total. The van der Waals surface area contributed by atoms with Gasteiger partial charge in [0.25, 0.3) is 0 Å². The normalized spacial score (nSPS) is 18.6. The van der Waals surface area contributed by atoms with Crippen LogP contribution in [0.15, 0.2) is 6.20 Å². The number of carbonyl (C=O) groups is 1. The number of carboxylic acids is 1. The number of aliphatic carboxylic acids is 1. The molecule has 122 valence electrons. The molecule has 4 heterocycles. The van der Waals surface area contributed by atoms with Gasteiger partial charge in [-0.25, -0.2) is 4.98 Å². The Morgan fingerprint density at radius 2 is 2.17 bits per heavy atom. The Labute approximate surface area is 134 Å². The number of aryl methyl sites for hydroxylation is 1. The van der Waals surface area contributed by atoms with Gasteiger partial charge in [-0.1, -0.05) is 6.92 Å². The Morgan fingerprint density at radius 1 is 1.39 bits per heavy atom. The molecule has 4 rings (SSSR count). The summed E-state index contributed by atoms with van der Waals surface area (Å²) in [5, 5.41) is 17.1. The van der Waals surface area contributed by atoms with Gasteiger partial charge in [-0.2, -0.15) is 9.61 Å². The lowest BCUT2D eigenvalue weighted by molar-refractivity contribution is -0.142. The molecule has 1 fully saturated rings. The molecule has 0 spiro atoms. The number of carboxylic acid groups (broad SMARTS) is 1. The first-order chi connectivity index (χ1) is 11.2. The highest BCUT2D eigenvalue weighted by Crippen LogP contribution is 2.32. The van der Waals surface area contributed by atoms with Crippen LogP contribution in [0.5, 0.6) is 0 Å². The third-order valence-corrected chi connectivity index (χ3v) is 4.88. The summed E-state index contributed by atoms with van der Waals surface area (Å²) in [6.45, 7) is 5.06. The van der Waals surface area contributed by atoms with Crippen LogP contribution in [0.25, 0.3) is 5.65 Å². The van der Waals surface area contributed by atoms with Gasteiger partial charge in [0.05, 0.1) is 17.8 Å². The van der Waals surface area contributed by atoms with Gasteiger partial charge < -0.3 is 15.3 Å². The molecule has 2 aromatic rings. The van der Waals surface area contributed by atoms with Gasteiger partial charge in [0.15, 0.2) is 5.65 Å². The van der Waals surface area contributed by atoms with Crippen molar-refractivity contribution in [1.82, 2.24) is 19.9 Å². The Hall–Kier alpha value is -2.15. The topological polar surface area (TPSA) is 82.8 Å². The van der Waals surface area contributed by atoms with E-state index in [-0.39, 0.29) is 5.92 Å². The molecule has 0 bridgehead atoms. The zero-order valence-electron chi connectivity index (χ0n) is 13.2. The van der Waals surface area contributed by atoms with E-state index in [9.17, 15) is 4.79 Å². The number of rotatable bonds is 3. The van der Waals surface area contributed by atoms with E-state index in [4.69, 9.17) is 10.1 Å². The van der Waals surface area contributed by atoms with Crippen LogP contribution in [0.1, 0.15) is 23.7 Å².